The number of ether oxygens (including phenoxy) is 1. The summed E-state index contributed by atoms with van der Waals surface area (Å²) in [6.07, 6.45) is -0.650. The van der Waals surface area contributed by atoms with Crippen LogP contribution in [-0.4, -0.2) is 45.7 Å². The first kappa shape index (κ1) is 20.8. The Balaban J connectivity index is 1.41. The van der Waals surface area contributed by atoms with Crippen LogP contribution in [0.2, 0.25) is 5.02 Å². The largest absolute Gasteiger partial charge is 0.444 e. The van der Waals surface area contributed by atoms with Crippen molar-refractivity contribution in [2.45, 2.75) is 12.6 Å². The van der Waals surface area contributed by atoms with Crippen LogP contribution in [0.25, 0.3) is 0 Å². The second-order valence-electron chi connectivity index (χ2n) is 7.05. The molecule has 1 aromatic heterocycles. The van der Waals surface area contributed by atoms with Gasteiger partial charge in [-0.1, -0.05) is 47.1 Å². The van der Waals surface area contributed by atoms with Gasteiger partial charge in [-0.25, -0.2) is 4.79 Å². The molecule has 11 heteroatoms. The summed E-state index contributed by atoms with van der Waals surface area (Å²) in [5.41, 5.74) is 1.49. The van der Waals surface area contributed by atoms with Gasteiger partial charge in [0.05, 0.1) is 6.04 Å². The first-order valence-corrected chi connectivity index (χ1v) is 9.99. The van der Waals surface area contributed by atoms with Gasteiger partial charge in [0.1, 0.15) is 6.61 Å². The van der Waals surface area contributed by atoms with Crippen molar-refractivity contribution in [3.05, 3.63) is 70.5 Å². The average Bonchev–Trinajstić information content (AvgIpc) is 3.25. The van der Waals surface area contributed by atoms with Crippen molar-refractivity contribution in [1.29, 1.82) is 0 Å². The second-order valence-corrected chi connectivity index (χ2v) is 7.49. The van der Waals surface area contributed by atoms with Gasteiger partial charge in [-0.3, -0.25) is 10.1 Å². The molecule has 0 aliphatic carbocycles. The van der Waals surface area contributed by atoms with E-state index in [0.29, 0.717) is 16.5 Å². The van der Waals surface area contributed by atoms with Crippen molar-refractivity contribution >= 4 is 29.3 Å². The molecule has 1 aliphatic heterocycles. The third kappa shape index (κ3) is 5.36. The van der Waals surface area contributed by atoms with E-state index in [2.05, 4.69) is 36.6 Å². The molecule has 4 N–H and O–H groups in total. The lowest BCUT2D eigenvalue weighted by molar-refractivity contribution is 0.0905. The Morgan fingerprint density at radius 2 is 2.00 bits per heavy atom. The van der Waals surface area contributed by atoms with Crippen molar-refractivity contribution in [1.82, 2.24) is 31.3 Å². The van der Waals surface area contributed by atoms with Gasteiger partial charge >= 0.3 is 6.09 Å². The highest BCUT2D eigenvalue weighted by Gasteiger charge is 2.32. The predicted octanol–water partition coefficient (Wildman–Crippen LogP) is 2.29. The van der Waals surface area contributed by atoms with E-state index < -0.39 is 12.1 Å². The Morgan fingerprint density at radius 3 is 2.68 bits per heavy atom. The average molecular weight is 442 g/mol. The molecule has 0 spiro atoms. The highest BCUT2D eigenvalue weighted by atomic mass is 35.5. The van der Waals surface area contributed by atoms with E-state index in [9.17, 15) is 9.59 Å². The normalized spacial score (nSPS) is 14.4. The Hall–Kier alpha value is -3.50. The van der Waals surface area contributed by atoms with Gasteiger partial charge in [0, 0.05) is 35.3 Å². The fourth-order valence-corrected chi connectivity index (χ4v) is 3.37. The summed E-state index contributed by atoms with van der Waals surface area (Å²) in [5.74, 6) is 0.181. The van der Waals surface area contributed by atoms with Crippen LogP contribution in [-0.2, 0) is 11.3 Å². The number of benzene rings is 2. The quantitative estimate of drug-likeness (QED) is 0.442. The molecular weight excluding hydrogens is 422 g/mol. The molecule has 10 nitrogen and oxygen atoms in total. The van der Waals surface area contributed by atoms with Crippen LogP contribution in [0.1, 0.15) is 27.8 Å². The maximum atomic E-state index is 12.9. The zero-order chi connectivity index (χ0) is 21.6. The molecule has 2 heterocycles. The Kier molecular flexibility index (Phi) is 6.39. The van der Waals surface area contributed by atoms with E-state index in [1.54, 1.807) is 0 Å². The number of hydrogen-bond acceptors (Lipinski definition) is 7. The molecule has 1 fully saturated rings. The monoisotopic (exact) mass is 441 g/mol. The highest BCUT2D eigenvalue weighted by molar-refractivity contribution is 6.31. The Labute approximate surface area is 182 Å². The molecule has 0 saturated carbocycles. The Bertz CT molecular complexity index is 1040. The van der Waals surface area contributed by atoms with Gasteiger partial charge in [-0.05, 0) is 23.8 Å². The van der Waals surface area contributed by atoms with Gasteiger partial charge in [-0.2, -0.15) is 5.21 Å². The summed E-state index contributed by atoms with van der Waals surface area (Å²) in [4.78, 5) is 25.0. The predicted molar refractivity (Wildman–Crippen MR) is 112 cm³/mol. The van der Waals surface area contributed by atoms with Crippen LogP contribution in [0.4, 0.5) is 10.5 Å². The maximum Gasteiger partial charge on any atom is 0.411 e. The fraction of sp³-hybridized carbons (Fsp3) is 0.250. The van der Waals surface area contributed by atoms with Gasteiger partial charge in [0.2, 0.25) is 0 Å². The van der Waals surface area contributed by atoms with Crippen LogP contribution >= 0.6 is 11.6 Å². The van der Waals surface area contributed by atoms with Crippen LogP contribution in [0, 0.1) is 5.92 Å². The number of amides is 2. The summed E-state index contributed by atoms with van der Waals surface area (Å²) in [6.45, 7) is 1.59. The standard InChI is InChI=1S/C20H20ClN7O3/c21-15-6-13(19(29)24-17(14-9-22-10-14)18-25-27-28-26-18)7-16(8-15)23-20(30)31-11-12-4-2-1-3-5-12/h1-8,14,17,22H,9-11H2,(H,23,30)(H,24,29)(H,25,26,27,28)/t17-/m0/s1. The van der Waals surface area contributed by atoms with Gasteiger partial charge < -0.3 is 15.4 Å². The number of halogens is 1. The first-order valence-electron chi connectivity index (χ1n) is 9.62. The zero-order valence-corrected chi connectivity index (χ0v) is 17.1. The lowest BCUT2D eigenvalue weighted by atomic mass is 9.93. The topological polar surface area (TPSA) is 134 Å². The van der Waals surface area contributed by atoms with Gasteiger partial charge in [0.25, 0.3) is 5.91 Å². The van der Waals surface area contributed by atoms with Crippen LogP contribution in [0.5, 0.6) is 0 Å². The number of carbonyl (C=O) groups is 2. The second kappa shape index (κ2) is 9.54. The third-order valence-corrected chi connectivity index (χ3v) is 5.05. The molecule has 0 unspecified atom stereocenters. The number of nitrogens with zero attached hydrogens (tertiary/aromatic N) is 3. The molecule has 1 saturated heterocycles. The van der Waals surface area contributed by atoms with Gasteiger partial charge in [0.15, 0.2) is 5.82 Å². The maximum absolute atomic E-state index is 12.9. The minimum atomic E-state index is -0.650. The molecule has 0 bridgehead atoms. The minimum Gasteiger partial charge on any atom is -0.444 e. The third-order valence-electron chi connectivity index (χ3n) is 4.83. The van der Waals surface area contributed by atoms with E-state index in [4.69, 9.17) is 16.3 Å². The number of anilines is 1. The van der Waals surface area contributed by atoms with E-state index >= 15 is 0 Å². The number of nitrogens with one attached hydrogen (secondary N) is 4. The van der Waals surface area contributed by atoms with Gasteiger partial charge in [-0.15, -0.1) is 10.2 Å². The fourth-order valence-electron chi connectivity index (χ4n) is 3.14. The molecule has 160 valence electrons. The molecule has 2 amide bonds. The SMILES string of the molecule is O=C(Nc1cc(Cl)cc(C(=O)N[C@H](c2nn[nH]n2)C2CNC2)c1)OCc1ccccc1. The van der Waals surface area contributed by atoms with Crippen LogP contribution in [0.15, 0.2) is 48.5 Å². The van der Waals surface area contributed by atoms with Crippen molar-refractivity contribution in [2.24, 2.45) is 5.92 Å². The van der Waals surface area contributed by atoms with Crippen molar-refractivity contribution < 1.29 is 14.3 Å². The van der Waals surface area contributed by atoms with Crippen molar-refractivity contribution in [2.75, 3.05) is 18.4 Å². The number of hydrogen-bond donors (Lipinski definition) is 4. The lowest BCUT2D eigenvalue weighted by Gasteiger charge is -2.33. The molecular formula is C20H20ClN7O3. The summed E-state index contributed by atoms with van der Waals surface area (Å²) >= 11 is 6.17. The minimum absolute atomic E-state index is 0.127. The lowest BCUT2D eigenvalue weighted by Crippen LogP contribution is -2.50. The number of rotatable bonds is 7. The summed E-state index contributed by atoms with van der Waals surface area (Å²) in [7, 11) is 0. The molecule has 0 radical (unpaired) electrons. The van der Waals surface area contributed by atoms with E-state index in [1.807, 2.05) is 30.3 Å². The number of H-pyrrole nitrogens is 1. The van der Waals surface area contributed by atoms with Crippen molar-refractivity contribution in [3.8, 4) is 0 Å². The van der Waals surface area contributed by atoms with E-state index in [0.717, 1.165) is 18.7 Å². The summed E-state index contributed by atoms with van der Waals surface area (Å²) in [6, 6.07) is 13.5. The summed E-state index contributed by atoms with van der Waals surface area (Å²) in [5, 5.41) is 23.0. The number of carbonyl (C=O) groups excluding carboxylic acids is 2. The number of aromatic nitrogens is 4. The number of tetrazole rings is 1. The highest BCUT2D eigenvalue weighted by Crippen LogP contribution is 2.24. The summed E-state index contributed by atoms with van der Waals surface area (Å²) < 4.78 is 5.21. The molecule has 31 heavy (non-hydrogen) atoms. The first-order chi connectivity index (χ1) is 15.1. The Morgan fingerprint density at radius 1 is 1.19 bits per heavy atom. The smallest absolute Gasteiger partial charge is 0.411 e. The van der Waals surface area contributed by atoms with E-state index in [1.165, 1.54) is 18.2 Å². The van der Waals surface area contributed by atoms with Crippen LogP contribution < -0.4 is 16.0 Å². The molecule has 4 rings (SSSR count). The van der Waals surface area contributed by atoms with Crippen LogP contribution in [0.3, 0.4) is 0 Å². The molecule has 3 aromatic rings. The molecule has 2 aromatic carbocycles. The molecule has 1 aliphatic rings. The molecule has 1 atom stereocenters. The van der Waals surface area contributed by atoms with Crippen molar-refractivity contribution in [3.63, 3.8) is 0 Å². The van der Waals surface area contributed by atoms with E-state index in [-0.39, 0.29) is 24.0 Å². The zero-order valence-electron chi connectivity index (χ0n) is 16.3. The number of aromatic amines is 1.